The summed E-state index contributed by atoms with van der Waals surface area (Å²) in [5.41, 5.74) is 6.41. The molecule has 3 amide bonds. The Bertz CT molecular complexity index is 997. The van der Waals surface area contributed by atoms with Crippen LogP contribution in [0.5, 0.6) is 0 Å². The Morgan fingerprint density at radius 2 is 2.04 bits per heavy atom. The Balaban J connectivity index is 1.61. The standard InChI is InChI=1S/C22H23N3O3/c1-13-5-8-18(23-14(2)26)17-4-3-9-25(22(13)17)21(28)11-15-6-7-16-12-20(27)24-19(16)10-15/h5-8,10H,3-4,9,11-12H2,1-2H3,(H,23,26)(H,24,27). The number of fused-ring (bicyclic) bond motifs is 2. The van der Waals surface area contributed by atoms with E-state index in [-0.39, 0.29) is 24.1 Å². The van der Waals surface area contributed by atoms with Gasteiger partial charge in [0, 0.05) is 24.8 Å². The number of rotatable bonds is 3. The van der Waals surface area contributed by atoms with Gasteiger partial charge in [0.2, 0.25) is 17.7 Å². The van der Waals surface area contributed by atoms with E-state index in [9.17, 15) is 14.4 Å². The maximum atomic E-state index is 13.1. The van der Waals surface area contributed by atoms with Gasteiger partial charge in [0.05, 0.1) is 18.5 Å². The lowest BCUT2D eigenvalue weighted by molar-refractivity contribution is -0.118. The summed E-state index contributed by atoms with van der Waals surface area (Å²) < 4.78 is 0. The Morgan fingerprint density at radius 3 is 2.82 bits per heavy atom. The molecule has 2 aromatic carbocycles. The van der Waals surface area contributed by atoms with Crippen molar-refractivity contribution >= 4 is 34.8 Å². The molecule has 2 aliphatic rings. The van der Waals surface area contributed by atoms with Gasteiger partial charge in [0.1, 0.15) is 0 Å². The normalized spacial score (nSPS) is 14.9. The molecule has 2 N–H and O–H groups in total. The van der Waals surface area contributed by atoms with Crippen molar-refractivity contribution in [2.75, 3.05) is 22.1 Å². The monoisotopic (exact) mass is 377 g/mol. The van der Waals surface area contributed by atoms with Gasteiger partial charge in [0.15, 0.2) is 0 Å². The van der Waals surface area contributed by atoms with Crippen molar-refractivity contribution in [2.45, 2.75) is 39.5 Å². The molecule has 2 aliphatic heterocycles. The molecule has 0 atom stereocenters. The zero-order valence-electron chi connectivity index (χ0n) is 16.1. The predicted molar refractivity (Wildman–Crippen MR) is 109 cm³/mol. The molecule has 0 aromatic heterocycles. The highest BCUT2D eigenvalue weighted by molar-refractivity contribution is 6.01. The highest BCUT2D eigenvalue weighted by Crippen LogP contribution is 2.36. The van der Waals surface area contributed by atoms with Crippen LogP contribution in [0, 0.1) is 6.92 Å². The summed E-state index contributed by atoms with van der Waals surface area (Å²) in [5.74, 6) is -0.104. The van der Waals surface area contributed by atoms with Crippen LogP contribution in [0.15, 0.2) is 30.3 Å². The van der Waals surface area contributed by atoms with Crippen molar-refractivity contribution in [3.05, 3.63) is 52.6 Å². The molecule has 0 radical (unpaired) electrons. The first-order valence-corrected chi connectivity index (χ1v) is 9.54. The molecule has 6 nitrogen and oxygen atoms in total. The summed E-state index contributed by atoms with van der Waals surface area (Å²) in [6.07, 6.45) is 2.36. The second kappa shape index (κ2) is 7.11. The molecule has 0 saturated carbocycles. The SMILES string of the molecule is CC(=O)Nc1ccc(C)c2c1CCCN2C(=O)Cc1ccc2c(c1)NC(=O)C2. The minimum absolute atomic E-state index is 0.00967. The number of carbonyl (C=O) groups excluding carboxylic acids is 3. The largest absolute Gasteiger partial charge is 0.326 e. The maximum absolute atomic E-state index is 13.1. The van der Waals surface area contributed by atoms with Crippen molar-refractivity contribution in [3.8, 4) is 0 Å². The molecule has 2 heterocycles. The molecular formula is C22H23N3O3. The number of hydrogen-bond donors (Lipinski definition) is 2. The molecule has 0 aliphatic carbocycles. The number of nitrogens with one attached hydrogen (secondary N) is 2. The van der Waals surface area contributed by atoms with Gasteiger partial charge in [-0.3, -0.25) is 14.4 Å². The second-order valence-electron chi connectivity index (χ2n) is 7.48. The van der Waals surface area contributed by atoms with Crippen LogP contribution in [0.4, 0.5) is 17.1 Å². The lowest BCUT2D eigenvalue weighted by atomic mass is 9.95. The number of hydrogen-bond acceptors (Lipinski definition) is 3. The molecule has 0 bridgehead atoms. The van der Waals surface area contributed by atoms with Gasteiger partial charge < -0.3 is 15.5 Å². The van der Waals surface area contributed by atoms with Crippen molar-refractivity contribution in [1.29, 1.82) is 0 Å². The van der Waals surface area contributed by atoms with Gasteiger partial charge in [-0.05, 0) is 54.2 Å². The van der Waals surface area contributed by atoms with Crippen LogP contribution < -0.4 is 15.5 Å². The molecule has 0 unspecified atom stereocenters. The Morgan fingerprint density at radius 1 is 1.21 bits per heavy atom. The van der Waals surface area contributed by atoms with E-state index < -0.39 is 0 Å². The number of aryl methyl sites for hydroxylation is 1. The van der Waals surface area contributed by atoms with Crippen LogP contribution in [0.2, 0.25) is 0 Å². The zero-order valence-corrected chi connectivity index (χ0v) is 16.1. The first kappa shape index (κ1) is 18.2. The third-order valence-electron chi connectivity index (χ3n) is 5.33. The van der Waals surface area contributed by atoms with Crippen molar-refractivity contribution in [1.82, 2.24) is 0 Å². The number of nitrogens with zero attached hydrogens (tertiary/aromatic N) is 1. The number of benzene rings is 2. The minimum Gasteiger partial charge on any atom is -0.326 e. The van der Waals surface area contributed by atoms with Gasteiger partial charge in [-0.2, -0.15) is 0 Å². The summed E-state index contributed by atoms with van der Waals surface area (Å²) in [6, 6.07) is 9.58. The second-order valence-corrected chi connectivity index (χ2v) is 7.48. The van der Waals surface area contributed by atoms with Crippen LogP contribution in [0.25, 0.3) is 0 Å². The predicted octanol–water partition coefficient (Wildman–Crippen LogP) is 2.97. The van der Waals surface area contributed by atoms with E-state index in [0.717, 1.165) is 52.2 Å². The molecule has 2 aromatic rings. The summed E-state index contributed by atoms with van der Waals surface area (Å²) in [6.45, 7) is 4.15. The highest BCUT2D eigenvalue weighted by Gasteiger charge is 2.27. The molecule has 0 fully saturated rings. The molecule has 144 valence electrons. The van der Waals surface area contributed by atoms with E-state index in [2.05, 4.69) is 10.6 Å². The molecule has 0 spiro atoms. The first-order valence-electron chi connectivity index (χ1n) is 9.54. The van der Waals surface area contributed by atoms with E-state index in [1.807, 2.05) is 42.2 Å². The molecule has 0 saturated heterocycles. The van der Waals surface area contributed by atoms with Gasteiger partial charge in [-0.1, -0.05) is 18.2 Å². The quantitative estimate of drug-likeness (QED) is 0.863. The zero-order chi connectivity index (χ0) is 19.8. The summed E-state index contributed by atoms with van der Waals surface area (Å²) in [7, 11) is 0. The average Bonchev–Trinajstić information content (AvgIpc) is 3.02. The average molecular weight is 377 g/mol. The van der Waals surface area contributed by atoms with Crippen molar-refractivity contribution in [3.63, 3.8) is 0 Å². The van der Waals surface area contributed by atoms with Gasteiger partial charge in [-0.15, -0.1) is 0 Å². The van der Waals surface area contributed by atoms with Gasteiger partial charge in [-0.25, -0.2) is 0 Å². The molecule has 6 heteroatoms. The van der Waals surface area contributed by atoms with Crippen molar-refractivity contribution < 1.29 is 14.4 Å². The van der Waals surface area contributed by atoms with E-state index in [1.54, 1.807) is 0 Å². The molecule has 28 heavy (non-hydrogen) atoms. The minimum atomic E-state index is -0.116. The molecular weight excluding hydrogens is 354 g/mol. The van der Waals surface area contributed by atoms with E-state index in [4.69, 9.17) is 0 Å². The van der Waals surface area contributed by atoms with Crippen LogP contribution in [0.3, 0.4) is 0 Å². The smallest absolute Gasteiger partial charge is 0.231 e. The number of anilines is 3. The summed E-state index contributed by atoms with van der Waals surface area (Å²) in [4.78, 5) is 38.1. The maximum Gasteiger partial charge on any atom is 0.231 e. The van der Waals surface area contributed by atoms with Crippen LogP contribution in [0.1, 0.15) is 35.6 Å². The molecule has 4 rings (SSSR count). The van der Waals surface area contributed by atoms with E-state index >= 15 is 0 Å². The lowest BCUT2D eigenvalue weighted by Crippen LogP contribution is -2.37. The summed E-state index contributed by atoms with van der Waals surface area (Å²) in [5, 5.41) is 5.72. The van der Waals surface area contributed by atoms with Gasteiger partial charge >= 0.3 is 0 Å². The fraction of sp³-hybridized carbons (Fsp3) is 0.318. The number of amides is 3. The summed E-state index contributed by atoms with van der Waals surface area (Å²) >= 11 is 0. The highest BCUT2D eigenvalue weighted by atomic mass is 16.2. The van der Waals surface area contributed by atoms with Gasteiger partial charge in [0.25, 0.3) is 0 Å². The van der Waals surface area contributed by atoms with Crippen LogP contribution in [-0.2, 0) is 33.6 Å². The van der Waals surface area contributed by atoms with Crippen LogP contribution in [-0.4, -0.2) is 24.3 Å². The lowest BCUT2D eigenvalue weighted by Gasteiger charge is -2.32. The third-order valence-corrected chi connectivity index (χ3v) is 5.33. The Hall–Kier alpha value is -3.15. The van der Waals surface area contributed by atoms with E-state index in [1.165, 1.54) is 6.92 Å². The van der Waals surface area contributed by atoms with Crippen molar-refractivity contribution in [2.24, 2.45) is 0 Å². The fourth-order valence-electron chi connectivity index (χ4n) is 4.11. The Kier molecular flexibility index (Phi) is 4.63. The number of carbonyl (C=O) groups is 3. The third kappa shape index (κ3) is 3.38. The Labute approximate surface area is 163 Å². The fourth-order valence-corrected chi connectivity index (χ4v) is 4.11. The van der Waals surface area contributed by atoms with Crippen LogP contribution >= 0.6 is 0 Å². The van der Waals surface area contributed by atoms with E-state index in [0.29, 0.717) is 13.0 Å². The topological polar surface area (TPSA) is 78.5 Å². The first-order chi connectivity index (χ1) is 13.4.